The minimum absolute atomic E-state index is 0.0775. The Morgan fingerprint density at radius 1 is 1.00 bits per heavy atom. The first-order valence-electron chi connectivity index (χ1n) is 9.28. The fraction of sp³-hybridized carbons (Fsp3) is 0.421. The molecule has 1 saturated heterocycles. The number of amides is 1. The molecule has 0 aromatic carbocycles. The fourth-order valence-electron chi connectivity index (χ4n) is 3.47. The molecule has 8 nitrogen and oxygen atoms in total. The fourth-order valence-corrected chi connectivity index (χ4v) is 4.36. The van der Waals surface area contributed by atoms with Crippen molar-refractivity contribution in [3.8, 4) is 5.82 Å². The molecule has 28 heavy (non-hydrogen) atoms. The maximum absolute atomic E-state index is 12.8. The summed E-state index contributed by atoms with van der Waals surface area (Å²) in [7, 11) is 0. The van der Waals surface area contributed by atoms with Crippen molar-refractivity contribution >= 4 is 23.1 Å². The third kappa shape index (κ3) is 3.49. The zero-order valence-electron chi connectivity index (χ0n) is 16.5. The van der Waals surface area contributed by atoms with Gasteiger partial charge in [0.25, 0.3) is 5.91 Å². The second-order valence-electron chi connectivity index (χ2n) is 7.02. The predicted molar refractivity (Wildman–Crippen MR) is 108 cm³/mol. The average Bonchev–Trinajstić information content (AvgIpc) is 3.21. The van der Waals surface area contributed by atoms with E-state index in [0.717, 1.165) is 45.9 Å². The number of aromatic nitrogens is 5. The van der Waals surface area contributed by atoms with E-state index in [4.69, 9.17) is 0 Å². The second-order valence-corrected chi connectivity index (χ2v) is 8.22. The number of rotatable bonds is 3. The van der Waals surface area contributed by atoms with E-state index < -0.39 is 0 Å². The van der Waals surface area contributed by atoms with E-state index in [2.05, 4.69) is 25.2 Å². The van der Waals surface area contributed by atoms with E-state index in [-0.39, 0.29) is 5.91 Å². The van der Waals surface area contributed by atoms with Crippen LogP contribution in [0.4, 0.5) is 5.82 Å². The molecule has 0 unspecified atom stereocenters. The van der Waals surface area contributed by atoms with Crippen molar-refractivity contribution in [2.75, 3.05) is 31.1 Å². The van der Waals surface area contributed by atoms with E-state index in [0.29, 0.717) is 18.9 Å². The lowest BCUT2D eigenvalue weighted by molar-refractivity contribution is 0.0750. The van der Waals surface area contributed by atoms with Crippen LogP contribution >= 0.6 is 11.3 Å². The number of hydrogen-bond acceptors (Lipinski definition) is 7. The van der Waals surface area contributed by atoms with Gasteiger partial charge in [-0.2, -0.15) is 5.10 Å². The van der Waals surface area contributed by atoms with Crippen molar-refractivity contribution in [1.29, 1.82) is 0 Å². The van der Waals surface area contributed by atoms with Gasteiger partial charge in [-0.1, -0.05) is 0 Å². The lowest BCUT2D eigenvalue weighted by atomic mass is 10.2. The van der Waals surface area contributed by atoms with Crippen LogP contribution in [0.3, 0.4) is 0 Å². The molecule has 4 heterocycles. The number of aryl methyl sites for hydroxylation is 4. The van der Waals surface area contributed by atoms with Gasteiger partial charge in [0.05, 0.1) is 16.4 Å². The molecule has 0 saturated carbocycles. The number of thiazole rings is 1. The zero-order valence-corrected chi connectivity index (χ0v) is 17.3. The van der Waals surface area contributed by atoms with Crippen LogP contribution in [0, 0.1) is 27.7 Å². The van der Waals surface area contributed by atoms with E-state index in [1.807, 2.05) is 50.8 Å². The molecule has 9 heteroatoms. The summed E-state index contributed by atoms with van der Waals surface area (Å²) in [5.74, 6) is 1.61. The molecule has 1 aliphatic rings. The second kappa shape index (κ2) is 7.31. The smallest absolute Gasteiger partial charge is 0.265 e. The number of anilines is 1. The number of carbonyl (C=O) groups is 1. The molecule has 0 atom stereocenters. The van der Waals surface area contributed by atoms with Crippen molar-refractivity contribution in [3.05, 3.63) is 45.2 Å². The van der Waals surface area contributed by atoms with Crippen LogP contribution < -0.4 is 4.90 Å². The topological polar surface area (TPSA) is 80.0 Å². The zero-order chi connectivity index (χ0) is 19.8. The summed E-state index contributed by atoms with van der Waals surface area (Å²) in [6.07, 6.45) is 0. The molecule has 4 rings (SSSR count). The van der Waals surface area contributed by atoms with Crippen molar-refractivity contribution in [3.63, 3.8) is 0 Å². The Bertz CT molecular complexity index is 1000. The highest BCUT2D eigenvalue weighted by Crippen LogP contribution is 2.21. The maximum Gasteiger partial charge on any atom is 0.265 e. The minimum Gasteiger partial charge on any atom is -0.352 e. The molecular formula is C19H23N7OS. The first-order chi connectivity index (χ1) is 13.4. The van der Waals surface area contributed by atoms with Crippen LogP contribution in [-0.4, -0.2) is 61.9 Å². The highest BCUT2D eigenvalue weighted by molar-refractivity contribution is 7.13. The van der Waals surface area contributed by atoms with Crippen molar-refractivity contribution in [2.45, 2.75) is 27.7 Å². The van der Waals surface area contributed by atoms with Gasteiger partial charge in [-0.15, -0.1) is 21.5 Å². The molecule has 1 aliphatic heterocycles. The molecule has 1 fully saturated rings. The quantitative estimate of drug-likeness (QED) is 0.675. The van der Waals surface area contributed by atoms with Crippen LogP contribution in [0.1, 0.15) is 31.8 Å². The molecule has 0 aliphatic carbocycles. The third-order valence-electron chi connectivity index (χ3n) is 4.85. The lowest BCUT2D eigenvalue weighted by Gasteiger charge is -2.35. The van der Waals surface area contributed by atoms with Gasteiger partial charge in [-0.05, 0) is 45.9 Å². The number of piperazine rings is 1. The summed E-state index contributed by atoms with van der Waals surface area (Å²) in [5, 5.41) is 14.1. The SMILES string of the molecule is Cc1cc(C)n(-c2ccc(N3CCN(C(=O)c4sc(C)nc4C)CC3)nn2)n1. The van der Waals surface area contributed by atoms with Gasteiger partial charge in [-0.25, -0.2) is 9.67 Å². The molecule has 0 spiro atoms. The van der Waals surface area contributed by atoms with Gasteiger partial charge >= 0.3 is 0 Å². The Morgan fingerprint density at radius 2 is 1.68 bits per heavy atom. The summed E-state index contributed by atoms with van der Waals surface area (Å²) in [6.45, 7) is 10.6. The van der Waals surface area contributed by atoms with Crippen molar-refractivity contribution in [1.82, 2.24) is 29.9 Å². The summed E-state index contributed by atoms with van der Waals surface area (Å²) < 4.78 is 1.79. The maximum atomic E-state index is 12.8. The Kier molecular flexibility index (Phi) is 4.84. The normalized spacial score (nSPS) is 14.6. The first-order valence-corrected chi connectivity index (χ1v) is 10.1. The molecule has 0 radical (unpaired) electrons. The number of carbonyl (C=O) groups excluding carboxylic acids is 1. The molecule has 1 amide bonds. The van der Waals surface area contributed by atoms with Crippen molar-refractivity contribution < 1.29 is 4.79 Å². The lowest BCUT2D eigenvalue weighted by Crippen LogP contribution is -2.49. The van der Waals surface area contributed by atoms with Gasteiger partial charge in [-0.3, -0.25) is 4.79 Å². The standard InChI is InChI=1S/C19H23N7OS/c1-12-11-13(2)26(23-12)17-6-5-16(21-22-17)24-7-9-25(10-8-24)19(27)18-14(3)20-15(4)28-18/h5-6,11H,7-10H2,1-4H3. The van der Waals surface area contributed by atoms with E-state index >= 15 is 0 Å². The van der Waals surface area contributed by atoms with Gasteiger partial charge in [0.1, 0.15) is 4.88 Å². The summed E-state index contributed by atoms with van der Waals surface area (Å²) in [5.41, 5.74) is 2.80. The summed E-state index contributed by atoms with van der Waals surface area (Å²) in [4.78, 5) is 21.9. The average molecular weight is 398 g/mol. The van der Waals surface area contributed by atoms with Crippen LogP contribution in [0.5, 0.6) is 0 Å². The van der Waals surface area contributed by atoms with Crippen molar-refractivity contribution in [2.24, 2.45) is 0 Å². The highest BCUT2D eigenvalue weighted by Gasteiger charge is 2.25. The van der Waals surface area contributed by atoms with Gasteiger partial charge in [0.2, 0.25) is 0 Å². The third-order valence-corrected chi connectivity index (χ3v) is 5.91. The van der Waals surface area contributed by atoms with E-state index in [1.54, 1.807) is 4.68 Å². The highest BCUT2D eigenvalue weighted by atomic mass is 32.1. The Morgan fingerprint density at radius 3 is 2.21 bits per heavy atom. The number of hydrogen-bond donors (Lipinski definition) is 0. The monoisotopic (exact) mass is 397 g/mol. The molecular weight excluding hydrogens is 374 g/mol. The molecule has 3 aromatic rings. The van der Waals surface area contributed by atoms with E-state index in [9.17, 15) is 4.79 Å². The van der Waals surface area contributed by atoms with Crippen LogP contribution in [0.15, 0.2) is 18.2 Å². The summed E-state index contributed by atoms with van der Waals surface area (Å²) in [6, 6.07) is 5.91. The minimum atomic E-state index is 0.0775. The van der Waals surface area contributed by atoms with Crippen LogP contribution in [0.25, 0.3) is 5.82 Å². The van der Waals surface area contributed by atoms with Crippen LogP contribution in [0.2, 0.25) is 0 Å². The van der Waals surface area contributed by atoms with Gasteiger partial charge in [0, 0.05) is 31.9 Å². The van der Waals surface area contributed by atoms with E-state index in [1.165, 1.54) is 11.3 Å². The largest absolute Gasteiger partial charge is 0.352 e. The first kappa shape index (κ1) is 18.5. The Hall–Kier alpha value is -2.81. The number of nitrogens with zero attached hydrogens (tertiary/aromatic N) is 7. The molecule has 146 valence electrons. The van der Waals surface area contributed by atoms with Crippen LogP contribution in [-0.2, 0) is 0 Å². The Labute approximate surface area is 167 Å². The summed E-state index contributed by atoms with van der Waals surface area (Å²) >= 11 is 1.47. The predicted octanol–water partition coefficient (Wildman–Crippen LogP) is 2.31. The molecule has 3 aromatic heterocycles. The van der Waals surface area contributed by atoms with Gasteiger partial charge in [0.15, 0.2) is 11.6 Å². The molecule has 0 N–H and O–H groups in total. The molecule has 0 bridgehead atoms. The Balaban J connectivity index is 1.42. The van der Waals surface area contributed by atoms with Gasteiger partial charge < -0.3 is 9.80 Å².